The van der Waals surface area contributed by atoms with E-state index in [9.17, 15) is 0 Å². The van der Waals surface area contributed by atoms with Gasteiger partial charge in [0.25, 0.3) is 0 Å². The molecule has 1 aromatic rings. The van der Waals surface area contributed by atoms with Crippen LogP contribution in [0.2, 0.25) is 0 Å². The molecule has 2 heterocycles. The normalized spacial score (nSPS) is 21.0. The second-order valence-corrected chi connectivity index (χ2v) is 9.00. The minimum absolute atomic E-state index is 0.190. The Hall–Kier alpha value is -1.67. The Morgan fingerprint density at radius 3 is 2.73 bits per heavy atom. The second-order valence-electron chi connectivity index (χ2n) is 7.86. The molecule has 6 nitrogen and oxygen atoms in total. The predicted molar refractivity (Wildman–Crippen MR) is 125 cm³/mol. The van der Waals surface area contributed by atoms with Crippen molar-refractivity contribution in [3.8, 4) is 0 Å². The highest BCUT2D eigenvalue weighted by molar-refractivity contribution is 7.97. The van der Waals surface area contributed by atoms with Crippen LogP contribution in [0, 0.1) is 0 Å². The van der Waals surface area contributed by atoms with E-state index in [1.54, 1.807) is 11.9 Å². The van der Waals surface area contributed by atoms with Crippen LogP contribution in [0.4, 0.5) is 11.4 Å². The molecule has 1 unspecified atom stereocenters. The van der Waals surface area contributed by atoms with Crippen molar-refractivity contribution in [3.63, 3.8) is 0 Å². The lowest BCUT2D eigenvalue weighted by molar-refractivity contribution is -0.145. The monoisotopic (exact) mass is 433 g/mol. The van der Waals surface area contributed by atoms with E-state index in [1.807, 2.05) is 33.2 Å². The molecule has 0 aromatic heterocycles. The Kier molecular flexibility index (Phi) is 8.93. The maximum atomic E-state index is 5.94. The summed E-state index contributed by atoms with van der Waals surface area (Å²) in [6, 6.07) is 6.34. The van der Waals surface area contributed by atoms with Crippen molar-refractivity contribution < 1.29 is 14.3 Å². The molecule has 0 amide bonds. The number of para-hydroxylation sites is 1. The average Bonchev–Trinajstić information content (AvgIpc) is 2.75. The number of hydrogen-bond acceptors (Lipinski definition) is 7. The van der Waals surface area contributed by atoms with Gasteiger partial charge in [-0.3, -0.25) is 5.48 Å². The van der Waals surface area contributed by atoms with Crippen molar-refractivity contribution in [2.24, 2.45) is 0 Å². The van der Waals surface area contributed by atoms with E-state index >= 15 is 0 Å². The summed E-state index contributed by atoms with van der Waals surface area (Å²) in [4.78, 5) is 9.16. The smallest absolute Gasteiger partial charge is 0.183 e. The third kappa shape index (κ3) is 6.67. The first-order chi connectivity index (χ1) is 14.6. The van der Waals surface area contributed by atoms with Gasteiger partial charge >= 0.3 is 0 Å². The summed E-state index contributed by atoms with van der Waals surface area (Å²) in [5.41, 5.74) is 5.30. The molecule has 1 N–H and O–H groups in total. The summed E-state index contributed by atoms with van der Waals surface area (Å²) in [5.74, 6) is 0.746. The number of rotatable bonds is 9. The van der Waals surface area contributed by atoms with Crippen molar-refractivity contribution in [3.05, 3.63) is 42.7 Å². The third-order valence-electron chi connectivity index (χ3n) is 5.22. The van der Waals surface area contributed by atoms with Crippen LogP contribution >= 0.6 is 11.9 Å². The second kappa shape index (κ2) is 11.6. The van der Waals surface area contributed by atoms with Gasteiger partial charge in [-0.15, -0.1) is 0 Å². The lowest BCUT2D eigenvalue weighted by Gasteiger charge is -2.32. The number of anilines is 2. The molecule has 0 spiro atoms. The SMILES string of the molecule is C=C(/C=C\C)OC1CCN(Sc2cccc(N(C)C)c2NOC2CCCCO2)CC1. The fourth-order valence-corrected chi connectivity index (χ4v) is 4.67. The molecule has 2 saturated heterocycles. The number of piperidine rings is 1. The number of nitrogens with zero attached hydrogens (tertiary/aromatic N) is 2. The topological polar surface area (TPSA) is 46.2 Å². The van der Waals surface area contributed by atoms with E-state index in [4.69, 9.17) is 14.3 Å². The molecular weight excluding hydrogens is 398 g/mol. The van der Waals surface area contributed by atoms with Crippen LogP contribution < -0.4 is 10.4 Å². The maximum absolute atomic E-state index is 5.94. The minimum Gasteiger partial charge on any atom is -0.491 e. The summed E-state index contributed by atoms with van der Waals surface area (Å²) >= 11 is 1.77. The highest BCUT2D eigenvalue weighted by atomic mass is 32.2. The molecule has 3 rings (SSSR count). The van der Waals surface area contributed by atoms with Gasteiger partial charge in [0.05, 0.1) is 16.3 Å². The van der Waals surface area contributed by atoms with E-state index in [-0.39, 0.29) is 12.4 Å². The molecule has 0 bridgehead atoms. The number of hydrogen-bond donors (Lipinski definition) is 1. The first-order valence-electron chi connectivity index (χ1n) is 10.8. The van der Waals surface area contributed by atoms with Crippen LogP contribution in [-0.4, -0.2) is 50.5 Å². The van der Waals surface area contributed by atoms with E-state index in [0.29, 0.717) is 0 Å². The van der Waals surface area contributed by atoms with Gasteiger partial charge in [-0.2, -0.15) is 0 Å². The molecule has 0 radical (unpaired) electrons. The van der Waals surface area contributed by atoms with Crippen LogP contribution in [-0.2, 0) is 14.3 Å². The van der Waals surface area contributed by atoms with E-state index in [1.165, 1.54) is 0 Å². The first-order valence-corrected chi connectivity index (χ1v) is 11.6. The molecule has 30 heavy (non-hydrogen) atoms. The zero-order valence-corrected chi connectivity index (χ0v) is 19.2. The highest BCUT2D eigenvalue weighted by Crippen LogP contribution is 2.38. The minimum atomic E-state index is -0.190. The van der Waals surface area contributed by atoms with Gasteiger partial charge in [-0.25, -0.2) is 9.14 Å². The van der Waals surface area contributed by atoms with Crippen LogP contribution in [0.15, 0.2) is 47.6 Å². The van der Waals surface area contributed by atoms with Crippen molar-refractivity contribution in [1.29, 1.82) is 0 Å². The number of nitrogens with one attached hydrogen (secondary N) is 1. The van der Waals surface area contributed by atoms with Crippen molar-refractivity contribution in [2.75, 3.05) is 44.2 Å². The molecule has 2 aliphatic heterocycles. The van der Waals surface area contributed by atoms with Crippen molar-refractivity contribution in [1.82, 2.24) is 4.31 Å². The van der Waals surface area contributed by atoms with Crippen LogP contribution in [0.1, 0.15) is 39.0 Å². The summed E-state index contributed by atoms with van der Waals surface area (Å²) < 4.78 is 14.0. The van der Waals surface area contributed by atoms with Crippen molar-refractivity contribution >= 4 is 23.3 Å². The van der Waals surface area contributed by atoms with Crippen molar-refractivity contribution in [2.45, 2.75) is 56.3 Å². The fourth-order valence-electron chi connectivity index (χ4n) is 3.62. The zero-order valence-electron chi connectivity index (χ0n) is 18.4. The van der Waals surface area contributed by atoms with Gasteiger partial charge in [0.15, 0.2) is 6.29 Å². The molecule has 0 saturated carbocycles. The third-order valence-corrected chi connectivity index (χ3v) is 6.38. The van der Waals surface area contributed by atoms with Crippen LogP contribution in [0.25, 0.3) is 0 Å². The molecule has 1 aromatic carbocycles. The lowest BCUT2D eigenvalue weighted by atomic mass is 10.1. The first kappa shape index (κ1) is 23.0. The predicted octanol–water partition coefficient (Wildman–Crippen LogP) is 5.20. The van der Waals surface area contributed by atoms with Crippen LogP contribution in [0.5, 0.6) is 0 Å². The maximum Gasteiger partial charge on any atom is 0.183 e. The van der Waals surface area contributed by atoms with Gasteiger partial charge in [-0.1, -0.05) is 18.7 Å². The number of ether oxygens (including phenoxy) is 2. The van der Waals surface area contributed by atoms with Gasteiger partial charge in [0.2, 0.25) is 0 Å². The Labute approximate surface area is 185 Å². The Bertz CT molecular complexity index is 712. The summed E-state index contributed by atoms with van der Waals surface area (Å²) in [5, 5.41) is 0. The van der Waals surface area contributed by atoms with E-state index in [2.05, 4.69) is 39.5 Å². The molecule has 7 heteroatoms. The molecule has 2 fully saturated rings. The van der Waals surface area contributed by atoms with Crippen LogP contribution in [0.3, 0.4) is 0 Å². The zero-order chi connectivity index (χ0) is 21.3. The summed E-state index contributed by atoms with van der Waals surface area (Å²) in [7, 11) is 4.10. The molecule has 1 atom stereocenters. The van der Waals surface area contributed by atoms with Gasteiger partial charge < -0.3 is 14.4 Å². The standard InChI is InChI=1S/C23H35N3O3S/c1-5-9-18(2)28-19-13-15-26(16-14-19)30-21-11-8-10-20(25(3)4)23(21)24-29-22-12-6-7-17-27-22/h5,8-11,19,22,24H,2,6-7,12-17H2,1,3-4H3/b9-5-. The lowest BCUT2D eigenvalue weighted by Crippen LogP contribution is -2.32. The van der Waals surface area contributed by atoms with E-state index < -0.39 is 0 Å². The number of benzene rings is 1. The number of allylic oxidation sites excluding steroid dienone is 2. The molecular formula is C23H35N3O3S. The van der Waals surface area contributed by atoms with Gasteiger partial charge in [0, 0.05) is 40.2 Å². The van der Waals surface area contributed by atoms with Gasteiger partial charge in [0.1, 0.15) is 11.9 Å². The average molecular weight is 434 g/mol. The molecule has 0 aliphatic carbocycles. The molecule has 166 valence electrons. The van der Waals surface area contributed by atoms with E-state index in [0.717, 1.165) is 73.8 Å². The fraction of sp³-hybridized carbons (Fsp3) is 0.565. The quantitative estimate of drug-likeness (QED) is 0.248. The largest absolute Gasteiger partial charge is 0.491 e. The highest BCUT2D eigenvalue weighted by Gasteiger charge is 2.23. The Morgan fingerprint density at radius 1 is 1.27 bits per heavy atom. The summed E-state index contributed by atoms with van der Waals surface area (Å²) in [6.07, 6.45) is 9.08. The Balaban J connectivity index is 1.61. The summed E-state index contributed by atoms with van der Waals surface area (Å²) in [6.45, 7) is 8.64. The molecule has 2 aliphatic rings. The Morgan fingerprint density at radius 2 is 2.07 bits per heavy atom. The van der Waals surface area contributed by atoms with Gasteiger partial charge in [-0.05, 0) is 62.8 Å².